The first-order valence-corrected chi connectivity index (χ1v) is 9.92. The molecule has 0 amide bonds. The maximum absolute atomic E-state index is 12.9. The summed E-state index contributed by atoms with van der Waals surface area (Å²) in [4.78, 5) is 15.1. The van der Waals surface area contributed by atoms with E-state index in [9.17, 15) is 4.79 Å². The van der Waals surface area contributed by atoms with E-state index in [2.05, 4.69) is 4.90 Å². The fraction of sp³-hybridized carbons (Fsp3) is 0.348. The summed E-state index contributed by atoms with van der Waals surface area (Å²) in [5, 5.41) is 0. The molecule has 1 atom stereocenters. The molecule has 29 heavy (non-hydrogen) atoms. The average molecular weight is 393 g/mol. The maximum atomic E-state index is 12.9. The first-order chi connectivity index (χ1) is 14.2. The predicted octanol–water partition coefficient (Wildman–Crippen LogP) is 3.64. The molecule has 0 N–H and O–H groups in total. The Labute approximate surface area is 169 Å². The topological polar surface area (TPSA) is 57.2 Å². The molecule has 6 nitrogen and oxygen atoms in total. The maximum Gasteiger partial charge on any atom is 0.231 e. The van der Waals surface area contributed by atoms with Crippen LogP contribution in [0, 0.1) is 0 Å². The SMILES string of the molecule is COc1ccc(/C=C2\Oc3c(ccc4c3CN(C[C@H]3CCCO3)CO4)C2=O)cc1. The normalized spacial score (nSPS) is 22.2. The highest BCUT2D eigenvalue weighted by Gasteiger charge is 2.34. The number of Topliss-reactive ketones (excluding diaryl/α,β-unsaturated/α-hetero) is 1. The summed E-state index contributed by atoms with van der Waals surface area (Å²) in [6.45, 7) is 2.86. The lowest BCUT2D eigenvalue weighted by atomic mass is 10.0. The van der Waals surface area contributed by atoms with Crippen LogP contribution in [0.4, 0.5) is 0 Å². The van der Waals surface area contributed by atoms with Crippen LogP contribution in [0.3, 0.4) is 0 Å². The number of fused-ring (bicyclic) bond motifs is 3. The van der Waals surface area contributed by atoms with Gasteiger partial charge in [0, 0.05) is 19.7 Å². The monoisotopic (exact) mass is 393 g/mol. The Kier molecular flexibility index (Phi) is 4.73. The molecule has 2 aromatic rings. The van der Waals surface area contributed by atoms with E-state index in [4.69, 9.17) is 18.9 Å². The Bertz CT molecular complexity index is 960. The van der Waals surface area contributed by atoms with E-state index in [0.29, 0.717) is 30.3 Å². The largest absolute Gasteiger partial charge is 0.497 e. The Morgan fingerprint density at radius 2 is 2.07 bits per heavy atom. The third-order valence-corrected chi connectivity index (χ3v) is 5.58. The minimum Gasteiger partial charge on any atom is -0.497 e. The molecule has 0 saturated carbocycles. The van der Waals surface area contributed by atoms with Crippen LogP contribution < -0.4 is 14.2 Å². The molecule has 1 fully saturated rings. The lowest BCUT2D eigenvalue weighted by molar-refractivity contribution is 0.0274. The number of allylic oxidation sites excluding steroid dienone is 1. The van der Waals surface area contributed by atoms with Gasteiger partial charge in [0.1, 0.15) is 24.0 Å². The van der Waals surface area contributed by atoms with Crippen LogP contribution in [0.15, 0.2) is 42.2 Å². The van der Waals surface area contributed by atoms with E-state index in [-0.39, 0.29) is 11.9 Å². The highest BCUT2D eigenvalue weighted by Crippen LogP contribution is 2.42. The molecule has 0 unspecified atom stereocenters. The second kappa shape index (κ2) is 7.54. The van der Waals surface area contributed by atoms with E-state index in [1.54, 1.807) is 19.3 Å². The predicted molar refractivity (Wildman–Crippen MR) is 107 cm³/mol. The molecule has 2 aromatic carbocycles. The van der Waals surface area contributed by atoms with Crippen molar-refractivity contribution in [3.05, 3.63) is 58.8 Å². The van der Waals surface area contributed by atoms with E-state index < -0.39 is 0 Å². The smallest absolute Gasteiger partial charge is 0.231 e. The number of rotatable bonds is 4. The Balaban J connectivity index is 1.39. The number of hydrogen-bond acceptors (Lipinski definition) is 6. The standard InChI is InChI=1S/C23H23NO5/c1-26-16-6-4-15(5-7-16)11-21-22(25)18-8-9-20-19(23(18)29-21)13-24(14-28-20)12-17-3-2-10-27-17/h4-9,11,17H,2-3,10,12-14H2,1H3/b21-11-/t17-/m1/s1. The second-order valence-electron chi connectivity index (χ2n) is 7.55. The van der Waals surface area contributed by atoms with Crippen LogP contribution in [-0.2, 0) is 11.3 Å². The summed E-state index contributed by atoms with van der Waals surface area (Å²) in [7, 11) is 1.63. The summed E-state index contributed by atoms with van der Waals surface area (Å²) < 4.78 is 22.9. The fourth-order valence-electron chi connectivity index (χ4n) is 4.05. The number of carbonyl (C=O) groups excluding carboxylic acids is 1. The van der Waals surface area contributed by atoms with E-state index >= 15 is 0 Å². The fourth-order valence-corrected chi connectivity index (χ4v) is 4.05. The van der Waals surface area contributed by atoms with Crippen LogP contribution in [0.25, 0.3) is 6.08 Å². The molecule has 6 heteroatoms. The molecule has 0 spiro atoms. The van der Waals surface area contributed by atoms with E-state index in [0.717, 1.165) is 48.6 Å². The highest BCUT2D eigenvalue weighted by molar-refractivity contribution is 6.15. The molecular weight excluding hydrogens is 370 g/mol. The number of ether oxygens (including phenoxy) is 4. The van der Waals surface area contributed by atoms with Crippen LogP contribution in [0.1, 0.15) is 34.3 Å². The quantitative estimate of drug-likeness (QED) is 0.740. The summed E-state index contributed by atoms with van der Waals surface area (Å²) in [5.74, 6) is 2.39. The number of methoxy groups -OCH3 is 1. The van der Waals surface area contributed by atoms with Crippen LogP contribution in [-0.4, -0.2) is 43.8 Å². The second-order valence-corrected chi connectivity index (χ2v) is 7.55. The highest BCUT2D eigenvalue weighted by atomic mass is 16.5. The molecule has 150 valence electrons. The molecule has 3 aliphatic heterocycles. The zero-order valence-corrected chi connectivity index (χ0v) is 16.3. The van der Waals surface area contributed by atoms with Gasteiger partial charge in [-0.25, -0.2) is 0 Å². The number of hydrogen-bond donors (Lipinski definition) is 0. The summed E-state index contributed by atoms with van der Waals surface area (Å²) in [6, 6.07) is 11.2. The molecule has 0 radical (unpaired) electrons. The number of carbonyl (C=O) groups is 1. The molecule has 0 aliphatic carbocycles. The van der Waals surface area contributed by atoms with Gasteiger partial charge in [0.2, 0.25) is 5.78 Å². The zero-order chi connectivity index (χ0) is 19.8. The van der Waals surface area contributed by atoms with E-state index in [1.165, 1.54) is 0 Å². The van der Waals surface area contributed by atoms with Gasteiger partial charge in [-0.3, -0.25) is 9.69 Å². The molecule has 0 bridgehead atoms. The molecule has 1 saturated heterocycles. The van der Waals surface area contributed by atoms with Crippen LogP contribution in [0.2, 0.25) is 0 Å². The van der Waals surface area contributed by atoms with Gasteiger partial charge in [0.25, 0.3) is 0 Å². The minimum atomic E-state index is -0.102. The first-order valence-electron chi connectivity index (χ1n) is 9.92. The zero-order valence-electron chi connectivity index (χ0n) is 16.3. The van der Waals surface area contributed by atoms with Crippen molar-refractivity contribution in [1.82, 2.24) is 4.90 Å². The van der Waals surface area contributed by atoms with Crippen molar-refractivity contribution in [2.24, 2.45) is 0 Å². The van der Waals surface area contributed by atoms with Crippen molar-refractivity contribution in [3.8, 4) is 17.2 Å². The summed E-state index contributed by atoms with van der Waals surface area (Å²) in [6.07, 6.45) is 4.22. The van der Waals surface area contributed by atoms with Crippen LogP contribution >= 0.6 is 0 Å². The molecular formula is C23H23NO5. The van der Waals surface area contributed by atoms with Gasteiger partial charge in [0.05, 0.1) is 24.3 Å². The Hall–Kier alpha value is -2.83. The van der Waals surface area contributed by atoms with Crippen molar-refractivity contribution in [3.63, 3.8) is 0 Å². The van der Waals surface area contributed by atoms with Gasteiger partial charge in [0.15, 0.2) is 5.76 Å². The Morgan fingerprint density at radius 1 is 1.21 bits per heavy atom. The van der Waals surface area contributed by atoms with Gasteiger partial charge in [-0.1, -0.05) is 12.1 Å². The number of benzene rings is 2. The van der Waals surface area contributed by atoms with Crippen molar-refractivity contribution in [1.29, 1.82) is 0 Å². The molecule has 5 rings (SSSR count). The number of ketones is 1. The lowest BCUT2D eigenvalue weighted by Crippen LogP contribution is -2.37. The van der Waals surface area contributed by atoms with Crippen molar-refractivity contribution in [2.45, 2.75) is 25.5 Å². The first kappa shape index (κ1) is 18.2. The lowest BCUT2D eigenvalue weighted by Gasteiger charge is -2.31. The summed E-state index contributed by atoms with van der Waals surface area (Å²) >= 11 is 0. The minimum absolute atomic E-state index is 0.102. The molecule has 3 heterocycles. The number of nitrogens with zero attached hydrogens (tertiary/aromatic N) is 1. The van der Waals surface area contributed by atoms with Gasteiger partial charge in [-0.15, -0.1) is 0 Å². The van der Waals surface area contributed by atoms with Crippen molar-refractivity contribution >= 4 is 11.9 Å². The van der Waals surface area contributed by atoms with Gasteiger partial charge >= 0.3 is 0 Å². The van der Waals surface area contributed by atoms with Crippen molar-refractivity contribution < 1.29 is 23.7 Å². The summed E-state index contributed by atoms with van der Waals surface area (Å²) in [5.41, 5.74) is 2.40. The average Bonchev–Trinajstić information content (AvgIpc) is 3.37. The van der Waals surface area contributed by atoms with E-state index in [1.807, 2.05) is 30.3 Å². The Morgan fingerprint density at radius 3 is 2.83 bits per heavy atom. The van der Waals surface area contributed by atoms with Crippen molar-refractivity contribution in [2.75, 3.05) is 27.0 Å². The van der Waals surface area contributed by atoms with Gasteiger partial charge in [-0.2, -0.15) is 0 Å². The van der Waals surface area contributed by atoms with Gasteiger partial charge < -0.3 is 18.9 Å². The van der Waals surface area contributed by atoms with Crippen LogP contribution in [0.5, 0.6) is 17.2 Å². The molecule has 0 aromatic heterocycles. The molecule has 3 aliphatic rings. The third-order valence-electron chi connectivity index (χ3n) is 5.58. The third kappa shape index (κ3) is 3.50. The van der Waals surface area contributed by atoms with Gasteiger partial charge in [-0.05, 0) is 48.7 Å².